The third kappa shape index (κ3) is 4.74. The van der Waals surface area contributed by atoms with Crippen LogP contribution >= 0.6 is 0 Å². The molecule has 5 rings (SSSR count). The van der Waals surface area contributed by atoms with E-state index in [2.05, 4.69) is 0 Å². The van der Waals surface area contributed by atoms with E-state index in [0.717, 1.165) is 11.1 Å². The number of rotatable bonds is 7. The van der Waals surface area contributed by atoms with E-state index in [9.17, 15) is 13.5 Å². The Hall–Kier alpha value is -4.35. The van der Waals surface area contributed by atoms with Crippen molar-refractivity contribution >= 4 is 9.84 Å². The van der Waals surface area contributed by atoms with Crippen molar-refractivity contribution in [2.75, 3.05) is 0 Å². The van der Waals surface area contributed by atoms with Crippen molar-refractivity contribution < 1.29 is 18.3 Å². The van der Waals surface area contributed by atoms with Crippen LogP contribution in [0.2, 0.25) is 0 Å². The molecule has 0 unspecified atom stereocenters. The summed E-state index contributed by atoms with van der Waals surface area (Å²) in [5.41, 5.74) is 3.40. The minimum Gasteiger partial charge on any atom is -0.507 e. The van der Waals surface area contributed by atoms with Gasteiger partial charge in [0.05, 0.1) is 9.79 Å². The lowest BCUT2D eigenvalue weighted by atomic mass is 9.93. The average Bonchev–Trinajstić information content (AvgIpc) is 2.93. The molecule has 0 aliphatic carbocycles. The molecule has 4 nitrogen and oxygen atoms in total. The molecule has 5 aromatic carbocycles. The number of ether oxygens (including phenoxy) is 1. The van der Waals surface area contributed by atoms with Crippen LogP contribution in [-0.2, 0) is 16.4 Å². The molecular formula is C31H24O4S. The van der Waals surface area contributed by atoms with Gasteiger partial charge < -0.3 is 9.84 Å². The summed E-state index contributed by atoms with van der Waals surface area (Å²) in [6.45, 7) is 0.392. The molecule has 0 aromatic heterocycles. The maximum atomic E-state index is 13.9. The van der Waals surface area contributed by atoms with E-state index in [1.807, 2.05) is 91.0 Å². The van der Waals surface area contributed by atoms with Crippen molar-refractivity contribution in [1.29, 1.82) is 0 Å². The van der Waals surface area contributed by atoms with Crippen molar-refractivity contribution in [2.24, 2.45) is 0 Å². The number of phenolic OH excluding ortho intramolecular Hbond substituents is 1. The lowest BCUT2D eigenvalue weighted by Crippen LogP contribution is -2.05. The lowest BCUT2D eigenvalue weighted by molar-refractivity contribution is 0.306. The molecule has 0 atom stereocenters. The zero-order valence-corrected chi connectivity index (χ0v) is 20.2. The Balaban J connectivity index is 1.57. The molecule has 5 aromatic rings. The van der Waals surface area contributed by atoms with Crippen molar-refractivity contribution in [1.82, 2.24) is 0 Å². The van der Waals surface area contributed by atoms with Crippen LogP contribution in [-0.4, -0.2) is 13.5 Å². The molecule has 0 aliphatic rings. The number of hydrogen-bond donors (Lipinski definition) is 1. The van der Waals surface area contributed by atoms with Crippen molar-refractivity contribution in [3.8, 4) is 33.8 Å². The van der Waals surface area contributed by atoms with Crippen LogP contribution < -0.4 is 4.74 Å². The molecule has 0 aliphatic heterocycles. The van der Waals surface area contributed by atoms with Crippen molar-refractivity contribution in [2.45, 2.75) is 16.4 Å². The summed E-state index contributed by atoms with van der Waals surface area (Å²) in [6, 6.07) is 37.7. The van der Waals surface area contributed by atoms with Crippen LogP contribution in [0, 0.1) is 0 Å². The van der Waals surface area contributed by atoms with Gasteiger partial charge in [0, 0.05) is 11.1 Å². The Labute approximate surface area is 211 Å². The molecule has 0 fully saturated rings. The molecule has 0 radical (unpaired) electrons. The second kappa shape index (κ2) is 10.1. The first-order valence-electron chi connectivity index (χ1n) is 11.5. The molecule has 0 bridgehead atoms. The van der Waals surface area contributed by atoms with Crippen molar-refractivity contribution in [3.63, 3.8) is 0 Å². The fraction of sp³-hybridized carbons (Fsp3) is 0.0323. The van der Waals surface area contributed by atoms with Gasteiger partial charge >= 0.3 is 0 Å². The normalized spacial score (nSPS) is 11.2. The molecule has 1 N–H and O–H groups in total. The fourth-order valence-electron chi connectivity index (χ4n) is 4.17. The minimum absolute atomic E-state index is 0.0173. The first kappa shape index (κ1) is 23.4. The molecule has 36 heavy (non-hydrogen) atoms. The average molecular weight is 493 g/mol. The van der Waals surface area contributed by atoms with Gasteiger partial charge in [0.1, 0.15) is 18.1 Å². The molecule has 0 amide bonds. The highest BCUT2D eigenvalue weighted by Crippen LogP contribution is 2.44. The predicted molar refractivity (Wildman–Crippen MR) is 142 cm³/mol. The molecule has 0 saturated carbocycles. The van der Waals surface area contributed by atoms with Gasteiger partial charge in [-0.15, -0.1) is 0 Å². The van der Waals surface area contributed by atoms with E-state index >= 15 is 0 Å². The topological polar surface area (TPSA) is 63.6 Å². The lowest BCUT2D eigenvalue weighted by Gasteiger charge is -2.18. The van der Waals surface area contributed by atoms with E-state index in [4.69, 9.17) is 4.74 Å². The second-order valence-corrected chi connectivity index (χ2v) is 10.2. The number of hydrogen-bond acceptors (Lipinski definition) is 4. The van der Waals surface area contributed by atoms with Gasteiger partial charge in [-0.25, -0.2) is 8.42 Å². The van der Waals surface area contributed by atoms with Gasteiger partial charge in [0.2, 0.25) is 9.84 Å². The number of phenols is 1. The highest BCUT2D eigenvalue weighted by Gasteiger charge is 2.26. The Morgan fingerprint density at radius 2 is 1.11 bits per heavy atom. The SMILES string of the molecule is O=S(=O)(c1ccc(OCc2ccccc2)cc1)c1ccc(O)c(-c2ccccc2)c1-c1ccccc1. The first-order chi connectivity index (χ1) is 17.5. The highest BCUT2D eigenvalue weighted by molar-refractivity contribution is 7.91. The van der Waals surface area contributed by atoms with Gasteiger partial charge in [-0.05, 0) is 53.1 Å². The van der Waals surface area contributed by atoms with E-state index < -0.39 is 9.84 Å². The third-order valence-electron chi connectivity index (χ3n) is 5.94. The maximum absolute atomic E-state index is 13.9. The van der Waals surface area contributed by atoms with Crippen LogP contribution in [0.4, 0.5) is 0 Å². The van der Waals surface area contributed by atoms with Gasteiger partial charge in [0.15, 0.2) is 0 Å². The molecule has 0 heterocycles. The molecule has 0 spiro atoms. The monoisotopic (exact) mass is 492 g/mol. The zero-order chi connectivity index (χ0) is 25.0. The largest absolute Gasteiger partial charge is 0.507 e. The summed E-state index contributed by atoms with van der Waals surface area (Å²) in [5, 5.41) is 10.8. The van der Waals surface area contributed by atoms with Crippen LogP contribution in [0.1, 0.15) is 5.56 Å². The first-order valence-corrected chi connectivity index (χ1v) is 13.0. The van der Waals surface area contributed by atoms with E-state index in [-0.39, 0.29) is 15.5 Å². The fourth-order valence-corrected chi connectivity index (χ4v) is 5.65. The Bertz CT molecular complexity index is 1560. The van der Waals surface area contributed by atoms with Crippen LogP contribution in [0.5, 0.6) is 11.5 Å². The Kier molecular flexibility index (Phi) is 6.56. The van der Waals surface area contributed by atoms with Crippen LogP contribution in [0.25, 0.3) is 22.3 Å². The van der Waals surface area contributed by atoms with Gasteiger partial charge in [0.25, 0.3) is 0 Å². The second-order valence-electron chi connectivity index (χ2n) is 8.31. The minimum atomic E-state index is -3.92. The predicted octanol–water partition coefficient (Wildman–Crippen LogP) is 7.14. The maximum Gasteiger partial charge on any atom is 0.207 e. The highest BCUT2D eigenvalue weighted by atomic mass is 32.2. The summed E-state index contributed by atoms with van der Waals surface area (Å²) in [7, 11) is -3.92. The molecule has 178 valence electrons. The zero-order valence-electron chi connectivity index (χ0n) is 19.4. The Morgan fingerprint density at radius 3 is 1.69 bits per heavy atom. The van der Waals surface area contributed by atoms with E-state index in [1.54, 1.807) is 24.3 Å². The summed E-state index contributed by atoms with van der Waals surface area (Å²) in [6.07, 6.45) is 0. The summed E-state index contributed by atoms with van der Waals surface area (Å²) < 4.78 is 33.6. The van der Waals surface area contributed by atoms with Crippen molar-refractivity contribution in [3.05, 3.63) is 133 Å². The van der Waals surface area contributed by atoms with Crippen LogP contribution in [0.3, 0.4) is 0 Å². The standard InChI is InChI=1S/C31H24O4S/c32-28-20-21-29(31(25-14-8-3-9-15-25)30(28)24-12-6-2-7-13-24)36(33,34)27-18-16-26(17-19-27)35-22-23-10-4-1-5-11-23/h1-21,32H,22H2. The summed E-state index contributed by atoms with van der Waals surface area (Å²) >= 11 is 0. The number of benzene rings is 5. The quantitative estimate of drug-likeness (QED) is 0.262. The summed E-state index contributed by atoms with van der Waals surface area (Å²) in [5.74, 6) is 0.598. The Morgan fingerprint density at radius 1 is 0.583 bits per heavy atom. The number of sulfone groups is 1. The van der Waals surface area contributed by atoms with E-state index in [1.165, 1.54) is 12.1 Å². The molecular weight excluding hydrogens is 468 g/mol. The van der Waals surface area contributed by atoms with Gasteiger partial charge in [-0.1, -0.05) is 91.0 Å². The summed E-state index contributed by atoms with van der Waals surface area (Å²) in [4.78, 5) is 0.278. The van der Waals surface area contributed by atoms with Crippen LogP contribution in [0.15, 0.2) is 137 Å². The number of aromatic hydroxyl groups is 1. The smallest absolute Gasteiger partial charge is 0.207 e. The third-order valence-corrected chi connectivity index (χ3v) is 7.75. The molecule has 0 saturated heterocycles. The van der Waals surface area contributed by atoms with Gasteiger partial charge in [-0.3, -0.25) is 0 Å². The molecule has 5 heteroatoms. The van der Waals surface area contributed by atoms with E-state index in [0.29, 0.717) is 29.0 Å². The van der Waals surface area contributed by atoms with Gasteiger partial charge in [-0.2, -0.15) is 0 Å².